The minimum absolute atomic E-state index is 1.02. The van der Waals surface area contributed by atoms with Crippen LogP contribution in [0.5, 0.6) is 0 Å². The standard InChI is InChI=1S/C56H44N2/c1-33-15-17-35(3)45(27-33)37-21-25-51-47(29-37)49-31-39-19-24-44-54-40(20-23-43(53(39)54)55(49)57(51)41-11-7-5-8-12-41)32-50-48-30-38(46-28-34(2)16-18-36(46)4)22-26-52(48)58(56(44)50)42-13-9-6-10-14-42/h5-18,21-22,25-32H,19-20,23-24H2,1-4H3. The topological polar surface area (TPSA) is 9.86 Å². The van der Waals surface area contributed by atoms with E-state index in [0.29, 0.717) is 0 Å². The number of fused-ring (bicyclic) bond motifs is 8. The summed E-state index contributed by atoms with van der Waals surface area (Å²) in [4.78, 5) is 0. The highest BCUT2D eigenvalue weighted by Gasteiger charge is 2.33. The lowest BCUT2D eigenvalue weighted by Crippen LogP contribution is -2.16. The van der Waals surface area contributed by atoms with Crippen molar-refractivity contribution < 1.29 is 0 Å². The van der Waals surface area contributed by atoms with E-state index in [0.717, 1.165) is 25.7 Å². The van der Waals surface area contributed by atoms with E-state index in [4.69, 9.17) is 0 Å². The summed E-state index contributed by atoms with van der Waals surface area (Å²) < 4.78 is 5.14. The van der Waals surface area contributed by atoms with Gasteiger partial charge in [0.15, 0.2) is 0 Å². The van der Waals surface area contributed by atoms with E-state index in [2.05, 4.69) is 182 Å². The minimum Gasteiger partial charge on any atom is -0.309 e. The SMILES string of the molecule is Cc1ccc(C)c(-c2ccc3c(c2)c2cc4c5c(c2n3-c2ccccc2)CCc2cc3c6cc(-c7cc(C)ccc7C)ccc6n(-c6ccccc6)c3c(c2-5)CC4)c1. The van der Waals surface area contributed by atoms with Gasteiger partial charge in [-0.1, -0.05) is 96.1 Å². The Balaban J connectivity index is 1.16. The predicted octanol–water partition coefficient (Wildman–Crippen LogP) is 14.3. The van der Waals surface area contributed by atoms with Crippen LogP contribution in [0.1, 0.15) is 44.5 Å². The molecule has 58 heavy (non-hydrogen) atoms. The second-order valence-electron chi connectivity index (χ2n) is 17.0. The molecular weight excluding hydrogens is 701 g/mol. The summed E-state index contributed by atoms with van der Waals surface area (Å²) >= 11 is 0. The molecule has 8 aromatic carbocycles. The largest absolute Gasteiger partial charge is 0.309 e. The van der Waals surface area contributed by atoms with Gasteiger partial charge in [0.05, 0.1) is 22.1 Å². The van der Waals surface area contributed by atoms with E-state index in [-0.39, 0.29) is 0 Å². The van der Waals surface area contributed by atoms with Gasteiger partial charge >= 0.3 is 0 Å². The molecule has 0 amide bonds. The molecule has 278 valence electrons. The number of para-hydroxylation sites is 2. The average molecular weight is 745 g/mol. The van der Waals surface area contributed by atoms with Gasteiger partial charge in [-0.25, -0.2) is 0 Å². The van der Waals surface area contributed by atoms with Crippen molar-refractivity contribution in [2.24, 2.45) is 0 Å². The van der Waals surface area contributed by atoms with Crippen LogP contribution in [0, 0.1) is 27.7 Å². The quantitative estimate of drug-likeness (QED) is 0.170. The Labute approximate surface area is 339 Å². The summed E-state index contributed by atoms with van der Waals surface area (Å²) in [5.41, 5.74) is 27.2. The normalized spacial score (nSPS) is 13.2. The molecule has 0 saturated carbocycles. The van der Waals surface area contributed by atoms with Crippen LogP contribution in [-0.2, 0) is 25.7 Å². The monoisotopic (exact) mass is 744 g/mol. The van der Waals surface area contributed by atoms with Gasteiger partial charge < -0.3 is 9.13 Å². The van der Waals surface area contributed by atoms with E-state index in [1.165, 1.54) is 133 Å². The van der Waals surface area contributed by atoms with E-state index in [1.807, 2.05) is 0 Å². The second-order valence-corrected chi connectivity index (χ2v) is 17.0. The highest BCUT2D eigenvalue weighted by molar-refractivity contribution is 6.17. The van der Waals surface area contributed by atoms with Crippen molar-refractivity contribution >= 4 is 43.6 Å². The Morgan fingerprint density at radius 2 is 0.810 bits per heavy atom. The summed E-state index contributed by atoms with van der Waals surface area (Å²) in [5.74, 6) is 0. The van der Waals surface area contributed by atoms with E-state index in [1.54, 1.807) is 0 Å². The maximum Gasteiger partial charge on any atom is 0.0579 e. The molecule has 2 aliphatic carbocycles. The maximum atomic E-state index is 2.58. The van der Waals surface area contributed by atoms with Gasteiger partial charge in [0.1, 0.15) is 0 Å². The first-order chi connectivity index (χ1) is 28.4. The first-order valence-electron chi connectivity index (χ1n) is 20.9. The number of aryl methyl sites for hydroxylation is 8. The average Bonchev–Trinajstić information content (AvgIpc) is 3.76. The van der Waals surface area contributed by atoms with Crippen molar-refractivity contribution in [1.82, 2.24) is 9.13 Å². The molecule has 0 bridgehead atoms. The molecule has 0 atom stereocenters. The number of rotatable bonds is 4. The van der Waals surface area contributed by atoms with Crippen molar-refractivity contribution in [2.75, 3.05) is 0 Å². The fourth-order valence-electron chi connectivity index (χ4n) is 10.8. The summed E-state index contributed by atoms with van der Waals surface area (Å²) in [5, 5.41) is 5.44. The second kappa shape index (κ2) is 12.4. The molecule has 0 fully saturated rings. The molecule has 0 aliphatic heterocycles. The van der Waals surface area contributed by atoms with Crippen molar-refractivity contribution in [1.29, 1.82) is 0 Å². The highest BCUT2D eigenvalue weighted by Crippen LogP contribution is 2.51. The number of hydrogen-bond acceptors (Lipinski definition) is 0. The molecular formula is C56H44N2. The fraction of sp³-hybridized carbons (Fsp3) is 0.143. The number of benzene rings is 8. The van der Waals surface area contributed by atoms with Gasteiger partial charge in [0.2, 0.25) is 0 Å². The lowest BCUT2D eigenvalue weighted by Gasteiger charge is -2.31. The van der Waals surface area contributed by atoms with E-state index in [9.17, 15) is 0 Å². The highest BCUT2D eigenvalue weighted by atomic mass is 15.0. The van der Waals surface area contributed by atoms with Crippen LogP contribution in [-0.4, -0.2) is 9.13 Å². The van der Waals surface area contributed by atoms with Crippen LogP contribution >= 0.6 is 0 Å². The van der Waals surface area contributed by atoms with Crippen molar-refractivity contribution in [2.45, 2.75) is 53.4 Å². The van der Waals surface area contributed by atoms with Crippen molar-refractivity contribution in [3.8, 4) is 44.8 Å². The van der Waals surface area contributed by atoms with Crippen LogP contribution in [0.15, 0.2) is 146 Å². The smallest absolute Gasteiger partial charge is 0.0579 e. The summed E-state index contributed by atoms with van der Waals surface area (Å²) in [6, 6.07) is 55.3. The summed E-state index contributed by atoms with van der Waals surface area (Å²) in [7, 11) is 0. The molecule has 0 saturated heterocycles. The Morgan fingerprint density at radius 1 is 0.379 bits per heavy atom. The van der Waals surface area contributed by atoms with Crippen LogP contribution in [0.4, 0.5) is 0 Å². The van der Waals surface area contributed by atoms with Gasteiger partial charge in [-0.05, 0) is 181 Å². The summed E-state index contributed by atoms with van der Waals surface area (Å²) in [6.07, 6.45) is 4.11. The third-order valence-electron chi connectivity index (χ3n) is 13.4. The Hall–Kier alpha value is -6.64. The Morgan fingerprint density at radius 3 is 1.24 bits per heavy atom. The van der Waals surface area contributed by atoms with Crippen molar-refractivity contribution in [3.63, 3.8) is 0 Å². The van der Waals surface area contributed by atoms with Crippen LogP contribution in [0.25, 0.3) is 88.4 Å². The third-order valence-corrected chi connectivity index (χ3v) is 13.4. The Kier molecular flexibility index (Phi) is 7.18. The van der Waals surface area contributed by atoms with E-state index >= 15 is 0 Å². The molecule has 0 spiro atoms. The van der Waals surface area contributed by atoms with Crippen LogP contribution in [0.2, 0.25) is 0 Å². The molecule has 0 N–H and O–H groups in total. The molecule has 12 rings (SSSR count). The molecule has 2 heteroatoms. The van der Waals surface area contributed by atoms with Gasteiger partial charge in [-0.15, -0.1) is 0 Å². The predicted molar refractivity (Wildman–Crippen MR) is 245 cm³/mol. The van der Waals surface area contributed by atoms with Gasteiger partial charge in [-0.3, -0.25) is 0 Å². The molecule has 0 radical (unpaired) electrons. The zero-order valence-electron chi connectivity index (χ0n) is 33.6. The number of nitrogens with zero attached hydrogens (tertiary/aromatic N) is 2. The molecule has 2 aliphatic rings. The van der Waals surface area contributed by atoms with Crippen LogP contribution < -0.4 is 0 Å². The molecule has 2 nitrogen and oxygen atoms in total. The Bertz CT molecular complexity index is 3130. The number of aromatic nitrogens is 2. The fourth-order valence-corrected chi connectivity index (χ4v) is 10.8. The van der Waals surface area contributed by atoms with Gasteiger partial charge in [-0.2, -0.15) is 0 Å². The third kappa shape index (κ3) is 4.78. The van der Waals surface area contributed by atoms with Gasteiger partial charge in [0.25, 0.3) is 0 Å². The number of hydrogen-bond donors (Lipinski definition) is 0. The maximum absolute atomic E-state index is 2.58. The molecule has 10 aromatic rings. The van der Waals surface area contributed by atoms with Gasteiger partial charge in [0, 0.05) is 32.9 Å². The zero-order valence-corrected chi connectivity index (χ0v) is 33.6. The van der Waals surface area contributed by atoms with E-state index < -0.39 is 0 Å². The summed E-state index contributed by atoms with van der Waals surface area (Å²) in [6.45, 7) is 8.87. The van der Waals surface area contributed by atoms with Crippen LogP contribution in [0.3, 0.4) is 0 Å². The molecule has 0 unspecified atom stereocenters. The minimum atomic E-state index is 1.02. The zero-order chi connectivity index (χ0) is 38.8. The lowest BCUT2D eigenvalue weighted by molar-refractivity contribution is 0.883. The molecule has 2 heterocycles. The lowest BCUT2D eigenvalue weighted by atomic mass is 9.74. The van der Waals surface area contributed by atoms with Crippen molar-refractivity contribution in [3.05, 3.63) is 190 Å². The molecule has 2 aromatic heterocycles. The first kappa shape index (κ1) is 33.5. The first-order valence-corrected chi connectivity index (χ1v) is 20.9.